The van der Waals surface area contributed by atoms with Crippen molar-refractivity contribution < 1.29 is 14.3 Å². The topological polar surface area (TPSA) is 81.8 Å². The molecule has 4 nitrogen and oxygen atoms in total. The highest BCUT2D eigenvalue weighted by Gasteiger charge is 1.04. The van der Waals surface area contributed by atoms with Crippen molar-refractivity contribution in [3.8, 4) is 0 Å². The summed E-state index contributed by atoms with van der Waals surface area (Å²) in [6.07, 6.45) is 1.50. The van der Waals surface area contributed by atoms with Gasteiger partial charge in [0, 0.05) is 0 Å². The maximum absolute atomic E-state index is 8.35. The molecule has 0 heterocycles. The van der Waals surface area contributed by atoms with E-state index in [1.54, 1.807) is 0 Å². The highest BCUT2D eigenvalue weighted by Crippen LogP contribution is 0.871. The lowest BCUT2D eigenvalue weighted by molar-refractivity contribution is 0.562. The number of rotatable bonds is 0. The van der Waals surface area contributed by atoms with Crippen molar-refractivity contribution >= 4 is 12.2 Å². The molecule has 0 spiro atoms. The van der Waals surface area contributed by atoms with Gasteiger partial charge in [0.2, 0.25) is 12.2 Å². The van der Waals surface area contributed by atoms with Crippen LogP contribution in [-0.2, 0) is 9.59 Å². The highest BCUT2D eigenvalue weighted by atomic mass is 19.0. The highest BCUT2D eigenvalue weighted by molar-refractivity contribution is 5.26. The van der Waals surface area contributed by atoms with Crippen LogP contribution in [-0.4, -0.2) is 12.2 Å². The van der Waals surface area contributed by atoms with Crippen LogP contribution in [0.5, 0.6) is 0 Å². The number of nitrogens with one attached hydrogen (secondary N) is 2. The molecule has 0 amide bonds. The largest absolute Gasteiger partial charge is 0.269 e. The fraction of sp³-hybridized carbons (Fsp3) is 0.500. The molecule has 0 aromatic heterocycles. The molecule has 0 aromatic rings. The molecular weight excluding hydrogens is 127 g/mol. The molecule has 5 heteroatoms. The van der Waals surface area contributed by atoms with Crippen molar-refractivity contribution in [3.05, 3.63) is 0 Å². The van der Waals surface area contributed by atoms with E-state index in [2.05, 4.69) is 0 Å². The maximum Gasteiger partial charge on any atom is 0.231 e. The summed E-state index contributed by atoms with van der Waals surface area (Å²) in [5, 5.41) is 10.8. The van der Waals surface area contributed by atoms with Crippen LogP contribution < -0.4 is 0 Å². The SMILES string of the molecule is C.C.F.N=C=O.N=C=O. The summed E-state index contributed by atoms with van der Waals surface area (Å²) in [6.45, 7) is 0. The van der Waals surface area contributed by atoms with Gasteiger partial charge in [-0.05, 0) is 0 Å². The number of halogens is 1. The molecule has 0 unspecified atom stereocenters. The Bertz CT molecular complexity index is 70.6. The van der Waals surface area contributed by atoms with Gasteiger partial charge in [-0.2, -0.15) is 0 Å². The zero-order chi connectivity index (χ0) is 5.41. The Hall–Kier alpha value is -1.31. The van der Waals surface area contributed by atoms with E-state index in [0.29, 0.717) is 0 Å². The molecule has 56 valence electrons. The van der Waals surface area contributed by atoms with Crippen molar-refractivity contribution in [1.29, 1.82) is 10.8 Å². The Morgan fingerprint density at radius 2 is 0.889 bits per heavy atom. The average molecular weight is 138 g/mol. The fourth-order valence-corrected chi connectivity index (χ4v) is 0. The number of hydrogen-bond donors (Lipinski definition) is 2. The van der Waals surface area contributed by atoms with Gasteiger partial charge in [0.05, 0.1) is 0 Å². The summed E-state index contributed by atoms with van der Waals surface area (Å²) < 4.78 is 0. The van der Waals surface area contributed by atoms with Crippen LogP contribution in [0.15, 0.2) is 0 Å². The Morgan fingerprint density at radius 1 is 0.889 bits per heavy atom. The van der Waals surface area contributed by atoms with Gasteiger partial charge in [-0.1, -0.05) is 14.9 Å². The lowest BCUT2D eigenvalue weighted by Gasteiger charge is -1.02. The van der Waals surface area contributed by atoms with Crippen molar-refractivity contribution in [2.45, 2.75) is 14.9 Å². The van der Waals surface area contributed by atoms with E-state index in [4.69, 9.17) is 20.4 Å². The van der Waals surface area contributed by atoms with Gasteiger partial charge in [0.15, 0.2) is 0 Å². The number of isocyanates is 2. The molecule has 0 aliphatic carbocycles. The van der Waals surface area contributed by atoms with Crippen molar-refractivity contribution in [2.24, 2.45) is 0 Å². The summed E-state index contributed by atoms with van der Waals surface area (Å²) in [5.41, 5.74) is 0. The third-order valence-corrected chi connectivity index (χ3v) is 0. The van der Waals surface area contributed by atoms with Gasteiger partial charge in [-0.25, -0.2) is 20.4 Å². The third-order valence-electron chi connectivity index (χ3n) is 0. The Kier molecular flexibility index (Phi) is 2400. The molecule has 0 saturated carbocycles. The first-order valence-corrected chi connectivity index (χ1v) is 0.908. The van der Waals surface area contributed by atoms with Crippen LogP contribution in [0.25, 0.3) is 0 Å². The Morgan fingerprint density at radius 3 is 0.889 bits per heavy atom. The summed E-state index contributed by atoms with van der Waals surface area (Å²) >= 11 is 0. The minimum atomic E-state index is 0. The summed E-state index contributed by atoms with van der Waals surface area (Å²) in [7, 11) is 0. The minimum Gasteiger partial charge on any atom is -0.269 e. The molecular formula is C4H11FN2O2. The second-order valence-electron chi connectivity index (χ2n) is 0.204. The predicted molar refractivity (Wildman–Crippen MR) is 32.8 cm³/mol. The van der Waals surface area contributed by atoms with E-state index in [-0.39, 0.29) is 19.6 Å². The summed E-state index contributed by atoms with van der Waals surface area (Å²) in [6, 6.07) is 0. The smallest absolute Gasteiger partial charge is 0.231 e. The molecule has 0 atom stereocenters. The van der Waals surface area contributed by atoms with Gasteiger partial charge in [-0.15, -0.1) is 0 Å². The summed E-state index contributed by atoms with van der Waals surface area (Å²) in [4.78, 5) is 16.7. The van der Waals surface area contributed by atoms with Crippen LogP contribution in [0.4, 0.5) is 4.70 Å². The van der Waals surface area contributed by atoms with Gasteiger partial charge in [-0.3, -0.25) is 4.70 Å². The predicted octanol–water partition coefficient (Wildman–Crippen LogP) is 1.23. The van der Waals surface area contributed by atoms with Crippen LogP contribution in [0, 0.1) is 10.8 Å². The zero-order valence-corrected chi connectivity index (χ0v) is 3.22. The first-order valence-electron chi connectivity index (χ1n) is 0.908. The monoisotopic (exact) mass is 138 g/mol. The lowest BCUT2D eigenvalue weighted by atomic mass is 11.7. The Balaban J connectivity index is -0.00000000889. The van der Waals surface area contributed by atoms with Crippen molar-refractivity contribution in [2.75, 3.05) is 0 Å². The molecule has 0 rings (SSSR count). The van der Waals surface area contributed by atoms with E-state index in [0.717, 1.165) is 12.2 Å². The second kappa shape index (κ2) is 455. The van der Waals surface area contributed by atoms with Crippen molar-refractivity contribution in [3.63, 3.8) is 0 Å². The first kappa shape index (κ1) is 47.6. The lowest BCUT2D eigenvalue weighted by Crippen LogP contribution is -1.16. The third kappa shape index (κ3) is 85.7. The van der Waals surface area contributed by atoms with Crippen molar-refractivity contribution in [1.82, 2.24) is 0 Å². The number of hydrogen-bond acceptors (Lipinski definition) is 4. The molecule has 9 heavy (non-hydrogen) atoms. The van der Waals surface area contributed by atoms with Crippen LogP contribution in [0.1, 0.15) is 14.9 Å². The zero-order valence-electron chi connectivity index (χ0n) is 3.22. The van der Waals surface area contributed by atoms with Crippen LogP contribution in [0.3, 0.4) is 0 Å². The second-order valence-corrected chi connectivity index (χ2v) is 0.204. The van der Waals surface area contributed by atoms with Gasteiger partial charge >= 0.3 is 0 Å². The number of carbonyl (C=O) groups excluding carboxylic acids is 2. The molecule has 0 fully saturated rings. The van der Waals surface area contributed by atoms with E-state index in [1.807, 2.05) is 0 Å². The Labute approximate surface area is 53.3 Å². The van der Waals surface area contributed by atoms with Crippen LogP contribution in [0.2, 0.25) is 0 Å². The molecule has 0 aliphatic heterocycles. The average Bonchev–Trinajstić information content (AvgIpc) is 1.39. The fourth-order valence-electron chi connectivity index (χ4n) is 0. The molecule has 0 saturated heterocycles. The van der Waals surface area contributed by atoms with E-state index < -0.39 is 0 Å². The molecule has 0 bridgehead atoms. The molecule has 2 N–H and O–H groups in total. The van der Waals surface area contributed by atoms with Crippen LogP contribution >= 0.6 is 0 Å². The van der Waals surface area contributed by atoms with E-state index in [1.165, 1.54) is 0 Å². The normalized spacial score (nSPS) is 1.78. The van der Waals surface area contributed by atoms with Gasteiger partial charge in [0.1, 0.15) is 0 Å². The first-order chi connectivity index (χ1) is 2.83. The molecule has 0 radical (unpaired) electrons. The van der Waals surface area contributed by atoms with E-state index >= 15 is 0 Å². The molecule has 0 aromatic carbocycles. The molecule has 0 aliphatic rings. The standard InChI is InChI=1S/2CHNO.2CH4.FH/c2*2-1-3;;;/h2*2H;2*1H4;1H. The minimum absolute atomic E-state index is 0. The quantitative estimate of drug-likeness (QED) is 0.389. The van der Waals surface area contributed by atoms with E-state index in [9.17, 15) is 0 Å². The van der Waals surface area contributed by atoms with Gasteiger partial charge in [0.25, 0.3) is 0 Å². The van der Waals surface area contributed by atoms with Gasteiger partial charge < -0.3 is 0 Å². The maximum atomic E-state index is 8.35. The summed E-state index contributed by atoms with van der Waals surface area (Å²) in [5.74, 6) is 0.